The van der Waals surface area contributed by atoms with Crippen LogP contribution in [0.25, 0.3) is 11.0 Å². The first-order valence-corrected chi connectivity index (χ1v) is 9.94. The molecular formula is C16H18ClF2NO3S. The third-order valence-electron chi connectivity index (χ3n) is 4.42. The summed E-state index contributed by atoms with van der Waals surface area (Å²) < 4.78 is 54.7. The van der Waals surface area contributed by atoms with Crippen molar-refractivity contribution in [2.24, 2.45) is 0 Å². The van der Waals surface area contributed by atoms with Gasteiger partial charge in [0.15, 0.2) is 5.22 Å². The number of hydrogen-bond acceptors (Lipinski definition) is 4. The minimum atomic E-state index is -3.04. The van der Waals surface area contributed by atoms with Crippen LogP contribution < -0.4 is 0 Å². The molecule has 0 amide bonds. The lowest BCUT2D eigenvalue weighted by Gasteiger charge is -2.33. The quantitative estimate of drug-likeness (QED) is 0.796. The molecule has 0 spiro atoms. The molecule has 1 aliphatic heterocycles. The molecule has 0 N–H and O–H groups in total. The topological polar surface area (TPSA) is 50.5 Å². The number of benzene rings is 1. The van der Waals surface area contributed by atoms with Gasteiger partial charge in [-0.2, -0.15) is 0 Å². The van der Waals surface area contributed by atoms with Gasteiger partial charge in [0.25, 0.3) is 6.43 Å². The lowest BCUT2D eigenvalue weighted by atomic mass is 10.1. The Labute approximate surface area is 144 Å². The molecule has 0 unspecified atom stereocenters. The lowest BCUT2D eigenvalue weighted by Crippen LogP contribution is -2.43. The van der Waals surface area contributed by atoms with Crippen molar-refractivity contribution < 1.29 is 21.6 Å². The van der Waals surface area contributed by atoms with Gasteiger partial charge in [0.05, 0.1) is 18.1 Å². The average Bonchev–Trinajstić information content (AvgIpc) is 2.82. The van der Waals surface area contributed by atoms with Crippen LogP contribution in [0.2, 0.25) is 5.22 Å². The van der Waals surface area contributed by atoms with Gasteiger partial charge >= 0.3 is 0 Å². The third kappa shape index (κ3) is 3.90. The maximum atomic E-state index is 13.0. The number of nitrogens with zero attached hydrogens (tertiary/aromatic N) is 1. The van der Waals surface area contributed by atoms with Gasteiger partial charge in [-0.25, -0.2) is 17.2 Å². The number of rotatable bonds is 5. The second-order valence-corrected chi connectivity index (χ2v) is 8.70. The highest BCUT2D eigenvalue weighted by atomic mass is 35.5. The molecule has 132 valence electrons. The maximum absolute atomic E-state index is 13.0. The predicted molar refractivity (Wildman–Crippen MR) is 89.3 cm³/mol. The Bertz CT molecular complexity index is 808. The van der Waals surface area contributed by atoms with Crippen molar-refractivity contribution in [3.63, 3.8) is 0 Å². The Morgan fingerprint density at radius 3 is 2.58 bits per heavy atom. The highest BCUT2D eigenvalue weighted by Gasteiger charge is 2.30. The first-order valence-electron chi connectivity index (χ1n) is 7.74. The second kappa shape index (κ2) is 6.98. The van der Waals surface area contributed by atoms with Gasteiger partial charge in [0, 0.05) is 23.5 Å². The van der Waals surface area contributed by atoms with Crippen molar-refractivity contribution in [3.8, 4) is 0 Å². The largest absolute Gasteiger partial charge is 0.444 e. The van der Waals surface area contributed by atoms with E-state index in [1.54, 1.807) is 11.0 Å². The van der Waals surface area contributed by atoms with Gasteiger partial charge in [-0.05, 0) is 30.5 Å². The van der Waals surface area contributed by atoms with E-state index in [0.717, 1.165) is 5.39 Å². The molecule has 0 aliphatic carbocycles. The third-order valence-corrected chi connectivity index (χ3v) is 6.44. The van der Waals surface area contributed by atoms with Crippen molar-refractivity contribution in [3.05, 3.63) is 35.0 Å². The van der Waals surface area contributed by atoms with Gasteiger partial charge < -0.3 is 4.42 Å². The monoisotopic (exact) mass is 377 g/mol. The van der Waals surface area contributed by atoms with E-state index in [4.69, 9.17) is 16.0 Å². The van der Waals surface area contributed by atoms with Crippen LogP contribution in [0.15, 0.2) is 28.7 Å². The summed E-state index contributed by atoms with van der Waals surface area (Å²) in [4.78, 5) is 1.63. The Balaban J connectivity index is 1.85. The van der Waals surface area contributed by atoms with Crippen molar-refractivity contribution in [2.45, 2.75) is 31.9 Å². The second-order valence-electron chi connectivity index (χ2n) is 6.05. The molecule has 4 nitrogen and oxygen atoms in total. The zero-order valence-corrected chi connectivity index (χ0v) is 14.5. The summed E-state index contributed by atoms with van der Waals surface area (Å²) in [6, 6.07) is 7.06. The molecule has 0 atom stereocenters. The van der Waals surface area contributed by atoms with E-state index in [-0.39, 0.29) is 29.3 Å². The molecular weight excluding hydrogens is 360 g/mol. The number of alkyl halides is 2. The first-order chi connectivity index (χ1) is 11.4. The van der Waals surface area contributed by atoms with Gasteiger partial charge in [-0.3, -0.25) is 4.90 Å². The summed E-state index contributed by atoms with van der Waals surface area (Å²) in [5.41, 5.74) is 1.28. The van der Waals surface area contributed by atoms with Crippen LogP contribution >= 0.6 is 11.6 Å². The molecule has 0 radical (unpaired) electrons. The summed E-state index contributed by atoms with van der Waals surface area (Å²) in [6.07, 6.45) is -1.77. The maximum Gasteiger partial charge on any atom is 0.251 e. The lowest BCUT2D eigenvalue weighted by molar-refractivity contribution is 0.0578. The molecule has 3 rings (SSSR count). The summed E-state index contributed by atoms with van der Waals surface area (Å²) in [7, 11) is -3.04. The van der Waals surface area contributed by atoms with Crippen molar-refractivity contribution in [2.75, 3.05) is 18.1 Å². The van der Waals surface area contributed by atoms with Crippen LogP contribution in [0.1, 0.15) is 18.4 Å². The van der Waals surface area contributed by atoms with Crippen LogP contribution in [-0.2, 0) is 16.4 Å². The summed E-state index contributed by atoms with van der Waals surface area (Å²) >= 11 is 6.16. The standard InChI is InChI=1S/C16H18ClF2NO3S/c17-16-13(12-3-1-2-4-14(12)23-16)9-20(10-15(18)19)11-5-7-24(21,22)8-6-11/h1-4,11,15H,5-10H2. The Morgan fingerprint density at radius 2 is 1.92 bits per heavy atom. The number of hydrogen-bond donors (Lipinski definition) is 0. The molecule has 1 aromatic carbocycles. The summed E-state index contributed by atoms with van der Waals surface area (Å²) in [5, 5.41) is 0.990. The van der Waals surface area contributed by atoms with Crippen molar-refractivity contribution >= 4 is 32.4 Å². The van der Waals surface area contributed by atoms with Crippen molar-refractivity contribution in [1.82, 2.24) is 4.90 Å². The van der Waals surface area contributed by atoms with Gasteiger partial charge in [-0.15, -0.1) is 0 Å². The fourth-order valence-electron chi connectivity index (χ4n) is 3.18. The molecule has 1 aliphatic rings. The molecule has 1 aromatic heterocycles. The highest BCUT2D eigenvalue weighted by molar-refractivity contribution is 7.91. The molecule has 1 saturated heterocycles. The van der Waals surface area contributed by atoms with E-state index in [1.807, 2.05) is 18.2 Å². The SMILES string of the molecule is O=S1(=O)CCC(N(Cc2c(Cl)oc3ccccc23)CC(F)F)CC1. The zero-order valence-electron chi connectivity index (χ0n) is 12.9. The van der Waals surface area contributed by atoms with E-state index in [0.29, 0.717) is 24.0 Å². The smallest absolute Gasteiger partial charge is 0.251 e. The molecule has 2 heterocycles. The van der Waals surface area contributed by atoms with E-state index < -0.39 is 22.8 Å². The Morgan fingerprint density at radius 1 is 1.25 bits per heavy atom. The van der Waals surface area contributed by atoms with Crippen LogP contribution in [0, 0.1) is 0 Å². The number of fused-ring (bicyclic) bond motifs is 1. The van der Waals surface area contributed by atoms with Crippen LogP contribution in [0.5, 0.6) is 0 Å². The Kier molecular flexibility index (Phi) is 5.13. The molecule has 2 aromatic rings. The number of para-hydroxylation sites is 1. The van der Waals surface area contributed by atoms with Crippen LogP contribution in [0.4, 0.5) is 8.78 Å². The average molecular weight is 378 g/mol. The molecule has 0 bridgehead atoms. The van der Waals surface area contributed by atoms with Crippen molar-refractivity contribution in [1.29, 1.82) is 0 Å². The fourth-order valence-corrected chi connectivity index (χ4v) is 4.89. The van der Waals surface area contributed by atoms with Crippen LogP contribution in [-0.4, -0.2) is 43.8 Å². The van der Waals surface area contributed by atoms with Crippen LogP contribution in [0.3, 0.4) is 0 Å². The molecule has 8 heteroatoms. The predicted octanol–water partition coefficient (Wildman–Crippen LogP) is 3.73. The number of furan rings is 1. The first kappa shape index (κ1) is 17.6. The molecule has 24 heavy (non-hydrogen) atoms. The Hall–Kier alpha value is -1.18. The van der Waals surface area contributed by atoms with E-state index >= 15 is 0 Å². The normalized spacial score (nSPS) is 18.7. The van der Waals surface area contributed by atoms with Gasteiger partial charge in [-0.1, -0.05) is 18.2 Å². The van der Waals surface area contributed by atoms with E-state index in [9.17, 15) is 17.2 Å². The zero-order chi connectivity index (χ0) is 17.3. The minimum absolute atomic E-state index is 0.0390. The minimum Gasteiger partial charge on any atom is -0.444 e. The number of halogens is 3. The summed E-state index contributed by atoms with van der Waals surface area (Å²) in [5.74, 6) is 0.0779. The van der Waals surface area contributed by atoms with Gasteiger partial charge in [0.2, 0.25) is 0 Å². The highest BCUT2D eigenvalue weighted by Crippen LogP contribution is 2.32. The molecule has 1 fully saturated rings. The van der Waals surface area contributed by atoms with E-state index in [2.05, 4.69) is 0 Å². The van der Waals surface area contributed by atoms with E-state index in [1.165, 1.54) is 0 Å². The fraction of sp³-hybridized carbons (Fsp3) is 0.500. The molecule has 0 saturated carbocycles. The number of sulfone groups is 1. The summed E-state index contributed by atoms with van der Waals surface area (Å²) in [6.45, 7) is -0.203. The van der Waals surface area contributed by atoms with Gasteiger partial charge in [0.1, 0.15) is 15.4 Å².